The molecule has 2 heterocycles. The highest BCUT2D eigenvalue weighted by atomic mass is 16.5. The van der Waals surface area contributed by atoms with Crippen LogP contribution in [0.1, 0.15) is 30.0 Å². The Bertz CT molecular complexity index is 554. The van der Waals surface area contributed by atoms with E-state index in [1.54, 1.807) is 11.9 Å². The lowest BCUT2D eigenvalue weighted by molar-refractivity contribution is 0.107. The summed E-state index contributed by atoms with van der Waals surface area (Å²) in [5.41, 5.74) is 2.46. The molecule has 0 N–H and O–H groups in total. The van der Waals surface area contributed by atoms with Gasteiger partial charge in [0.05, 0.1) is 11.9 Å². The molecule has 21 heavy (non-hydrogen) atoms. The van der Waals surface area contributed by atoms with Crippen molar-refractivity contribution in [1.29, 1.82) is 0 Å². The number of hydrogen-bond donors (Lipinski definition) is 0. The summed E-state index contributed by atoms with van der Waals surface area (Å²) in [5, 5.41) is 8.77. The van der Waals surface area contributed by atoms with Gasteiger partial charge in [0, 0.05) is 26.1 Å². The largest absolute Gasteiger partial charge is 0.361 e. The minimum absolute atomic E-state index is 0.417. The monoisotopic (exact) mass is 286 g/mol. The molecule has 1 aromatic carbocycles. The molecule has 1 saturated heterocycles. The summed E-state index contributed by atoms with van der Waals surface area (Å²) in [4.78, 5) is 4.13. The zero-order valence-corrected chi connectivity index (χ0v) is 12.5. The molecular weight excluding hydrogens is 264 g/mol. The smallest absolute Gasteiger partial charge is 0.158 e. The normalized spacial score (nSPS) is 19.8. The van der Waals surface area contributed by atoms with Crippen LogP contribution in [-0.4, -0.2) is 40.1 Å². The fraction of sp³-hybridized carbons (Fsp3) is 0.500. The zero-order valence-electron chi connectivity index (χ0n) is 12.5. The van der Waals surface area contributed by atoms with Crippen LogP contribution in [0.2, 0.25) is 0 Å². The fourth-order valence-corrected chi connectivity index (χ4v) is 2.96. The van der Waals surface area contributed by atoms with Crippen molar-refractivity contribution in [2.75, 3.05) is 20.2 Å². The molecule has 1 atom stereocenters. The Morgan fingerprint density at radius 3 is 2.95 bits per heavy atom. The van der Waals surface area contributed by atoms with Gasteiger partial charge in [-0.15, -0.1) is 0 Å². The van der Waals surface area contributed by atoms with Gasteiger partial charge in [-0.2, -0.15) is 15.0 Å². The summed E-state index contributed by atoms with van der Waals surface area (Å²) in [5.74, 6) is 0.480. The maximum atomic E-state index is 5.06. The van der Waals surface area contributed by atoms with Crippen LogP contribution >= 0.6 is 0 Å². The van der Waals surface area contributed by atoms with Crippen LogP contribution in [0.5, 0.6) is 0 Å². The third-order valence-electron chi connectivity index (χ3n) is 3.97. The van der Waals surface area contributed by atoms with E-state index in [0.29, 0.717) is 12.6 Å². The summed E-state index contributed by atoms with van der Waals surface area (Å²) in [7, 11) is 1.66. The number of hydrogen-bond acceptors (Lipinski definition) is 4. The van der Waals surface area contributed by atoms with E-state index in [0.717, 1.165) is 25.3 Å². The van der Waals surface area contributed by atoms with Crippen molar-refractivity contribution in [3.63, 3.8) is 0 Å². The predicted molar refractivity (Wildman–Crippen MR) is 80.7 cm³/mol. The van der Waals surface area contributed by atoms with Crippen LogP contribution in [0.4, 0.5) is 0 Å². The number of ether oxygens (including phenoxy) is 1. The summed E-state index contributed by atoms with van der Waals surface area (Å²) in [6.07, 6.45) is 4.29. The molecule has 1 fully saturated rings. The molecule has 3 rings (SSSR count). The second-order valence-electron chi connectivity index (χ2n) is 5.62. The van der Waals surface area contributed by atoms with Gasteiger partial charge < -0.3 is 4.74 Å². The summed E-state index contributed by atoms with van der Waals surface area (Å²) >= 11 is 0. The van der Waals surface area contributed by atoms with Crippen molar-refractivity contribution in [1.82, 2.24) is 19.9 Å². The third kappa shape index (κ3) is 3.68. The number of rotatable bonds is 5. The molecule has 2 aromatic rings. The highest BCUT2D eigenvalue weighted by molar-refractivity contribution is 5.15. The zero-order chi connectivity index (χ0) is 14.5. The van der Waals surface area contributed by atoms with Gasteiger partial charge in [-0.1, -0.05) is 30.3 Å². The summed E-state index contributed by atoms with van der Waals surface area (Å²) in [6.45, 7) is 3.65. The second-order valence-corrected chi connectivity index (χ2v) is 5.62. The van der Waals surface area contributed by atoms with Crippen LogP contribution < -0.4 is 0 Å². The van der Waals surface area contributed by atoms with Crippen LogP contribution in [0.15, 0.2) is 36.5 Å². The molecular formula is C16H22N4O. The van der Waals surface area contributed by atoms with Gasteiger partial charge in [-0.25, -0.2) is 0 Å². The minimum atomic E-state index is 0.417. The molecule has 5 heteroatoms. The molecule has 5 nitrogen and oxygen atoms in total. The quantitative estimate of drug-likeness (QED) is 0.845. The number of methoxy groups -OCH3 is 1. The van der Waals surface area contributed by atoms with Crippen LogP contribution in [0.25, 0.3) is 0 Å². The van der Waals surface area contributed by atoms with Gasteiger partial charge in [0.15, 0.2) is 6.73 Å². The first kappa shape index (κ1) is 14.2. The van der Waals surface area contributed by atoms with E-state index in [4.69, 9.17) is 4.74 Å². The van der Waals surface area contributed by atoms with E-state index < -0.39 is 0 Å². The van der Waals surface area contributed by atoms with Crippen LogP contribution in [-0.2, 0) is 18.0 Å². The first-order valence-electron chi connectivity index (χ1n) is 7.50. The highest BCUT2D eigenvalue weighted by Crippen LogP contribution is 2.26. The predicted octanol–water partition coefficient (Wildman–Crippen LogP) is 2.26. The van der Waals surface area contributed by atoms with Crippen LogP contribution in [0.3, 0.4) is 0 Å². The number of benzene rings is 1. The standard InChI is InChI=1S/C16H22N4O/c1-21-13-20-17-10-16(18-20)15-8-5-9-19(12-15)11-14-6-3-2-4-7-14/h2-4,6-7,10,15H,5,8-9,11-13H2,1H3. The Morgan fingerprint density at radius 2 is 2.14 bits per heavy atom. The molecule has 1 aliphatic heterocycles. The van der Waals surface area contributed by atoms with Crippen molar-refractivity contribution in [2.45, 2.75) is 32.0 Å². The number of aromatic nitrogens is 3. The Kier molecular flexibility index (Phi) is 4.62. The fourth-order valence-electron chi connectivity index (χ4n) is 2.96. The van der Waals surface area contributed by atoms with Crippen molar-refractivity contribution in [3.05, 3.63) is 47.8 Å². The van der Waals surface area contributed by atoms with E-state index in [9.17, 15) is 0 Å². The highest BCUT2D eigenvalue weighted by Gasteiger charge is 2.23. The average Bonchev–Trinajstić information content (AvgIpc) is 2.98. The molecule has 112 valence electrons. The Labute approximate surface area is 125 Å². The lowest BCUT2D eigenvalue weighted by Crippen LogP contribution is -2.34. The van der Waals surface area contributed by atoms with Crippen molar-refractivity contribution < 1.29 is 4.74 Å². The van der Waals surface area contributed by atoms with E-state index in [2.05, 4.69) is 45.4 Å². The molecule has 0 spiro atoms. The molecule has 0 saturated carbocycles. The maximum absolute atomic E-state index is 5.06. The molecule has 0 amide bonds. The second kappa shape index (κ2) is 6.83. The van der Waals surface area contributed by atoms with E-state index >= 15 is 0 Å². The van der Waals surface area contributed by atoms with Gasteiger partial charge >= 0.3 is 0 Å². The maximum Gasteiger partial charge on any atom is 0.158 e. The molecule has 1 unspecified atom stereocenters. The van der Waals surface area contributed by atoms with Crippen molar-refractivity contribution in [2.24, 2.45) is 0 Å². The lowest BCUT2D eigenvalue weighted by atomic mass is 9.95. The number of nitrogens with zero attached hydrogens (tertiary/aromatic N) is 4. The van der Waals surface area contributed by atoms with Gasteiger partial charge in [0.2, 0.25) is 0 Å². The number of piperidine rings is 1. The summed E-state index contributed by atoms with van der Waals surface area (Å²) < 4.78 is 5.06. The van der Waals surface area contributed by atoms with Gasteiger partial charge in [-0.05, 0) is 24.9 Å². The van der Waals surface area contributed by atoms with Crippen LogP contribution in [0, 0.1) is 0 Å². The molecule has 1 aromatic heterocycles. The average molecular weight is 286 g/mol. The molecule has 0 bridgehead atoms. The number of likely N-dealkylation sites (tertiary alicyclic amines) is 1. The van der Waals surface area contributed by atoms with E-state index in [1.807, 2.05) is 6.20 Å². The molecule has 1 aliphatic rings. The van der Waals surface area contributed by atoms with E-state index in [1.165, 1.54) is 18.4 Å². The SMILES string of the molecule is COCn1ncc(C2CCCN(Cc3ccccc3)C2)n1. The molecule has 0 aliphatic carbocycles. The van der Waals surface area contributed by atoms with Gasteiger partial charge in [0.1, 0.15) is 0 Å². The first-order chi connectivity index (χ1) is 10.3. The molecule has 0 radical (unpaired) electrons. The summed E-state index contributed by atoms with van der Waals surface area (Å²) in [6, 6.07) is 10.7. The lowest BCUT2D eigenvalue weighted by Gasteiger charge is -2.31. The van der Waals surface area contributed by atoms with Gasteiger partial charge in [-0.3, -0.25) is 4.90 Å². The minimum Gasteiger partial charge on any atom is -0.361 e. The topological polar surface area (TPSA) is 43.2 Å². The Hall–Kier alpha value is -1.72. The first-order valence-corrected chi connectivity index (χ1v) is 7.50. The van der Waals surface area contributed by atoms with Crippen molar-refractivity contribution in [3.8, 4) is 0 Å². The van der Waals surface area contributed by atoms with Gasteiger partial charge in [0.25, 0.3) is 0 Å². The van der Waals surface area contributed by atoms with Crippen molar-refractivity contribution >= 4 is 0 Å². The Morgan fingerprint density at radius 1 is 1.29 bits per heavy atom. The third-order valence-corrected chi connectivity index (χ3v) is 3.97. The Balaban J connectivity index is 1.62. The van der Waals surface area contributed by atoms with E-state index in [-0.39, 0.29) is 0 Å².